The van der Waals surface area contributed by atoms with Crippen molar-refractivity contribution in [1.29, 1.82) is 0 Å². The maximum atomic E-state index is 3.90. The number of fused-ring (bicyclic) bond motifs is 4. The molecule has 7 unspecified atom stereocenters. The second-order valence-electron chi connectivity index (χ2n) is 7.58. The monoisotopic (exact) mass is 245 g/mol. The summed E-state index contributed by atoms with van der Waals surface area (Å²) in [5, 5.41) is 3.90. The summed E-state index contributed by atoms with van der Waals surface area (Å²) in [5.74, 6) is 5.94. The van der Waals surface area contributed by atoms with E-state index in [1.165, 1.54) is 38.6 Å². The minimum Gasteiger partial charge on any atom is -0.314 e. The van der Waals surface area contributed by atoms with Gasteiger partial charge in [-0.1, -0.05) is 18.6 Å². The van der Waals surface area contributed by atoms with E-state index in [2.05, 4.69) is 24.4 Å². The first-order valence-corrected chi connectivity index (χ1v) is 8.21. The molecule has 4 rings (SSSR count). The first kappa shape index (κ1) is 11.5. The van der Waals surface area contributed by atoms with Crippen molar-refractivity contribution >= 4 is 0 Å². The lowest BCUT2D eigenvalue weighted by Gasteiger charge is -2.29. The van der Waals surface area contributed by atoms with Crippen LogP contribution < -0.4 is 5.32 Å². The third-order valence-electron chi connectivity index (χ3n) is 6.56. The average molecular weight is 245 g/mol. The van der Waals surface area contributed by atoms with Crippen molar-refractivity contribution in [2.24, 2.45) is 35.5 Å². The third kappa shape index (κ3) is 1.86. The van der Waals surface area contributed by atoms with Crippen LogP contribution in [0.25, 0.3) is 0 Å². The molecule has 4 aliphatic rings. The van der Waals surface area contributed by atoms with Crippen LogP contribution in [0.5, 0.6) is 0 Å². The second kappa shape index (κ2) is 4.37. The van der Waals surface area contributed by atoms with Gasteiger partial charge in [-0.15, -0.1) is 0 Å². The lowest BCUT2D eigenvalue weighted by atomic mass is 9.85. The third-order valence-corrected chi connectivity index (χ3v) is 6.56. The van der Waals surface area contributed by atoms with Crippen molar-refractivity contribution in [1.82, 2.24) is 5.32 Å². The van der Waals surface area contributed by atoms with Gasteiger partial charge in [0.1, 0.15) is 0 Å². The molecule has 0 aromatic rings. The van der Waals surface area contributed by atoms with Gasteiger partial charge in [-0.3, -0.25) is 0 Å². The van der Waals surface area contributed by atoms with E-state index < -0.39 is 0 Å². The highest BCUT2D eigenvalue weighted by Gasteiger charge is 2.41. The summed E-state index contributed by atoms with van der Waals surface area (Å²) in [6, 6.07) is 0.740. The fraction of sp³-hybridized carbons (Fsp3) is 0.882. The van der Waals surface area contributed by atoms with Crippen molar-refractivity contribution < 1.29 is 0 Å². The molecule has 4 aliphatic carbocycles. The fourth-order valence-electron chi connectivity index (χ4n) is 5.51. The van der Waals surface area contributed by atoms with E-state index in [4.69, 9.17) is 0 Å². The largest absolute Gasteiger partial charge is 0.314 e. The van der Waals surface area contributed by atoms with Crippen LogP contribution in [0.2, 0.25) is 0 Å². The minimum atomic E-state index is 0.740. The Morgan fingerprint density at radius 2 is 2.06 bits per heavy atom. The topological polar surface area (TPSA) is 12.0 Å². The highest BCUT2D eigenvalue weighted by molar-refractivity contribution is 5.11. The van der Waals surface area contributed by atoms with E-state index >= 15 is 0 Å². The number of nitrogens with one attached hydrogen (secondary N) is 1. The summed E-state index contributed by atoms with van der Waals surface area (Å²) in [4.78, 5) is 0. The van der Waals surface area contributed by atoms with Crippen molar-refractivity contribution in [3.8, 4) is 0 Å². The van der Waals surface area contributed by atoms with E-state index in [1.807, 2.05) is 0 Å². The molecule has 0 amide bonds. The summed E-state index contributed by atoms with van der Waals surface area (Å²) in [7, 11) is 0. The standard InChI is InChI=1S/C17H27N/c1-11(17-9-13-3-5-15(17)7-13)18-10-16-8-12-2-4-14(16)6-12/h3,5,11-18H,2,4,6-10H2,1H3. The van der Waals surface area contributed by atoms with Crippen LogP contribution in [0.3, 0.4) is 0 Å². The number of hydrogen-bond donors (Lipinski definition) is 1. The van der Waals surface area contributed by atoms with Crippen LogP contribution in [-0.4, -0.2) is 12.6 Å². The van der Waals surface area contributed by atoms with Crippen LogP contribution >= 0.6 is 0 Å². The Bertz CT molecular complexity index is 348. The molecule has 0 heterocycles. The predicted octanol–water partition coefficient (Wildman–Crippen LogP) is 3.61. The van der Waals surface area contributed by atoms with Crippen LogP contribution in [0.1, 0.15) is 45.4 Å². The van der Waals surface area contributed by atoms with E-state index in [-0.39, 0.29) is 0 Å². The zero-order valence-electron chi connectivity index (χ0n) is 11.6. The van der Waals surface area contributed by atoms with Gasteiger partial charge in [0.25, 0.3) is 0 Å². The lowest BCUT2D eigenvalue weighted by molar-refractivity contribution is 0.269. The lowest BCUT2D eigenvalue weighted by Crippen LogP contribution is -2.39. The van der Waals surface area contributed by atoms with Gasteiger partial charge >= 0.3 is 0 Å². The molecule has 1 N–H and O–H groups in total. The zero-order valence-corrected chi connectivity index (χ0v) is 11.6. The molecule has 0 radical (unpaired) electrons. The Kier molecular flexibility index (Phi) is 2.80. The van der Waals surface area contributed by atoms with Gasteiger partial charge in [-0.05, 0) is 81.1 Å². The molecule has 100 valence electrons. The molecule has 4 bridgehead atoms. The summed E-state index contributed by atoms with van der Waals surface area (Å²) < 4.78 is 0. The normalized spacial score (nSPS) is 50.3. The van der Waals surface area contributed by atoms with Gasteiger partial charge in [0.05, 0.1) is 0 Å². The van der Waals surface area contributed by atoms with Gasteiger partial charge in [-0.2, -0.15) is 0 Å². The molecule has 3 fully saturated rings. The van der Waals surface area contributed by atoms with Crippen LogP contribution in [-0.2, 0) is 0 Å². The SMILES string of the molecule is CC(NCC1CC2CCC1C2)C1CC2C=CC1C2. The van der Waals surface area contributed by atoms with Gasteiger partial charge in [0.15, 0.2) is 0 Å². The van der Waals surface area contributed by atoms with E-state index in [9.17, 15) is 0 Å². The quantitative estimate of drug-likeness (QED) is 0.746. The highest BCUT2D eigenvalue weighted by Crippen LogP contribution is 2.48. The molecule has 3 saturated carbocycles. The van der Waals surface area contributed by atoms with Crippen molar-refractivity contribution in [2.75, 3.05) is 6.54 Å². The molecule has 7 atom stereocenters. The molecule has 1 nitrogen and oxygen atoms in total. The van der Waals surface area contributed by atoms with Crippen LogP contribution in [0.4, 0.5) is 0 Å². The molecule has 0 aliphatic heterocycles. The second-order valence-corrected chi connectivity index (χ2v) is 7.58. The minimum absolute atomic E-state index is 0.740. The van der Waals surface area contributed by atoms with Gasteiger partial charge in [0.2, 0.25) is 0 Å². The first-order chi connectivity index (χ1) is 8.79. The molecule has 0 aromatic heterocycles. The summed E-state index contributed by atoms with van der Waals surface area (Å²) in [5.41, 5.74) is 0. The van der Waals surface area contributed by atoms with E-state index in [1.54, 1.807) is 6.42 Å². The first-order valence-electron chi connectivity index (χ1n) is 8.21. The summed E-state index contributed by atoms with van der Waals surface area (Å²) >= 11 is 0. The van der Waals surface area contributed by atoms with Gasteiger partial charge in [-0.25, -0.2) is 0 Å². The van der Waals surface area contributed by atoms with Crippen molar-refractivity contribution in [3.05, 3.63) is 12.2 Å². The molecule has 0 saturated heterocycles. The summed E-state index contributed by atoms with van der Waals surface area (Å²) in [6.07, 6.45) is 14.0. The zero-order chi connectivity index (χ0) is 12.1. The molecule has 1 heteroatoms. The Hall–Kier alpha value is -0.300. The van der Waals surface area contributed by atoms with Crippen LogP contribution in [0.15, 0.2) is 12.2 Å². The predicted molar refractivity (Wildman–Crippen MR) is 75.2 cm³/mol. The van der Waals surface area contributed by atoms with Crippen LogP contribution in [0, 0.1) is 35.5 Å². The Labute approximate surface area is 111 Å². The highest BCUT2D eigenvalue weighted by atomic mass is 14.9. The van der Waals surface area contributed by atoms with E-state index in [0.29, 0.717) is 0 Å². The smallest absolute Gasteiger partial charge is 0.00729 e. The number of allylic oxidation sites excluding steroid dienone is 2. The Morgan fingerprint density at radius 1 is 1.11 bits per heavy atom. The molecular weight excluding hydrogens is 218 g/mol. The Balaban J connectivity index is 1.29. The van der Waals surface area contributed by atoms with Crippen molar-refractivity contribution in [2.45, 2.75) is 51.5 Å². The van der Waals surface area contributed by atoms with Gasteiger partial charge in [0, 0.05) is 6.04 Å². The average Bonchev–Trinajstić information content (AvgIpc) is 3.13. The Morgan fingerprint density at radius 3 is 2.67 bits per heavy atom. The van der Waals surface area contributed by atoms with Crippen molar-refractivity contribution in [3.63, 3.8) is 0 Å². The molecule has 18 heavy (non-hydrogen) atoms. The maximum Gasteiger partial charge on any atom is 0.00729 e. The molecular formula is C17H27N. The summed E-state index contributed by atoms with van der Waals surface area (Å²) in [6.45, 7) is 3.74. The molecule has 0 spiro atoms. The number of rotatable bonds is 4. The molecule has 0 aromatic carbocycles. The number of hydrogen-bond acceptors (Lipinski definition) is 1. The van der Waals surface area contributed by atoms with Gasteiger partial charge < -0.3 is 5.32 Å². The fourth-order valence-corrected chi connectivity index (χ4v) is 5.51. The maximum absolute atomic E-state index is 3.90. The van der Waals surface area contributed by atoms with E-state index in [0.717, 1.165) is 41.5 Å².